The highest BCUT2D eigenvalue weighted by atomic mass is 16.5. The molecule has 4 rings (SSSR count). The van der Waals surface area contributed by atoms with Crippen LogP contribution in [0, 0.1) is 6.92 Å². The number of aryl methyl sites for hydroxylation is 2. The van der Waals surface area contributed by atoms with Crippen molar-refractivity contribution in [2.24, 2.45) is 0 Å². The molecule has 162 valence electrons. The third-order valence-corrected chi connectivity index (χ3v) is 4.73. The van der Waals surface area contributed by atoms with Gasteiger partial charge in [-0.3, -0.25) is 9.36 Å². The Morgan fingerprint density at radius 1 is 1.03 bits per heavy atom. The zero-order valence-electron chi connectivity index (χ0n) is 17.9. The van der Waals surface area contributed by atoms with Crippen molar-refractivity contribution in [3.8, 4) is 23.2 Å². The standard InChI is InChI=1S/C24H23N5O3/c1-17-26-22(29-14-13-25-16-29)15-24(27-17)32-21-10-6-19(7-11-21)28-23(30)12-5-18-3-8-20(31-2)9-4-18/h3-4,6-11,13-16H,5,12H2,1-2H3,(H,28,30). The summed E-state index contributed by atoms with van der Waals surface area (Å²) in [6, 6.07) is 16.6. The van der Waals surface area contributed by atoms with Crippen molar-refractivity contribution < 1.29 is 14.3 Å². The highest BCUT2D eigenvalue weighted by Gasteiger charge is 2.07. The van der Waals surface area contributed by atoms with E-state index in [1.54, 1.807) is 67.7 Å². The first-order chi connectivity index (χ1) is 15.6. The van der Waals surface area contributed by atoms with Crippen molar-refractivity contribution in [1.82, 2.24) is 19.5 Å². The lowest BCUT2D eigenvalue weighted by atomic mass is 10.1. The Bertz CT molecular complexity index is 1170. The highest BCUT2D eigenvalue weighted by molar-refractivity contribution is 5.90. The number of hydrogen-bond acceptors (Lipinski definition) is 6. The second-order valence-electron chi connectivity index (χ2n) is 7.10. The smallest absolute Gasteiger partial charge is 0.224 e. The van der Waals surface area contributed by atoms with E-state index in [9.17, 15) is 4.79 Å². The number of benzene rings is 2. The number of nitrogens with zero attached hydrogens (tertiary/aromatic N) is 4. The van der Waals surface area contributed by atoms with Gasteiger partial charge in [0.1, 0.15) is 29.5 Å². The van der Waals surface area contributed by atoms with Gasteiger partial charge in [0.05, 0.1) is 7.11 Å². The highest BCUT2D eigenvalue weighted by Crippen LogP contribution is 2.23. The van der Waals surface area contributed by atoms with Crippen LogP contribution in [0.15, 0.2) is 73.3 Å². The number of anilines is 1. The molecule has 0 saturated carbocycles. The van der Waals surface area contributed by atoms with Crippen LogP contribution in [-0.4, -0.2) is 32.5 Å². The monoisotopic (exact) mass is 429 g/mol. The van der Waals surface area contributed by atoms with Gasteiger partial charge in [0, 0.05) is 30.6 Å². The first-order valence-electron chi connectivity index (χ1n) is 10.1. The molecule has 1 amide bonds. The summed E-state index contributed by atoms with van der Waals surface area (Å²) >= 11 is 0. The zero-order valence-corrected chi connectivity index (χ0v) is 17.9. The lowest BCUT2D eigenvalue weighted by Crippen LogP contribution is -2.12. The molecule has 4 aromatic rings. The van der Waals surface area contributed by atoms with Crippen LogP contribution in [0.25, 0.3) is 5.82 Å². The first-order valence-corrected chi connectivity index (χ1v) is 10.1. The van der Waals surface area contributed by atoms with E-state index in [-0.39, 0.29) is 5.91 Å². The van der Waals surface area contributed by atoms with Gasteiger partial charge in [-0.25, -0.2) is 9.97 Å². The molecule has 1 N–H and O–H groups in total. The number of aromatic nitrogens is 4. The third-order valence-electron chi connectivity index (χ3n) is 4.73. The summed E-state index contributed by atoms with van der Waals surface area (Å²) in [4.78, 5) is 25.0. The third kappa shape index (κ3) is 5.48. The lowest BCUT2D eigenvalue weighted by Gasteiger charge is -2.09. The molecule has 2 aromatic carbocycles. The number of carbonyl (C=O) groups is 1. The molecule has 2 heterocycles. The fraction of sp³-hybridized carbons (Fsp3) is 0.167. The van der Waals surface area contributed by atoms with Gasteiger partial charge in [-0.2, -0.15) is 4.98 Å². The summed E-state index contributed by atoms with van der Waals surface area (Å²) in [6.07, 6.45) is 6.20. The van der Waals surface area contributed by atoms with E-state index < -0.39 is 0 Å². The van der Waals surface area contributed by atoms with Crippen LogP contribution in [0.4, 0.5) is 5.69 Å². The summed E-state index contributed by atoms with van der Waals surface area (Å²) in [6.45, 7) is 1.80. The molecule has 0 unspecified atom stereocenters. The van der Waals surface area contributed by atoms with Crippen LogP contribution in [-0.2, 0) is 11.2 Å². The fourth-order valence-electron chi connectivity index (χ4n) is 3.11. The molecule has 8 heteroatoms. The summed E-state index contributed by atoms with van der Waals surface area (Å²) in [5.41, 5.74) is 1.79. The van der Waals surface area contributed by atoms with Crippen molar-refractivity contribution in [3.05, 3.63) is 84.7 Å². The lowest BCUT2D eigenvalue weighted by molar-refractivity contribution is -0.116. The van der Waals surface area contributed by atoms with Crippen molar-refractivity contribution in [1.29, 1.82) is 0 Å². The first kappa shape index (κ1) is 21.0. The van der Waals surface area contributed by atoms with Crippen LogP contribution in [0.3, 0.4) is 0 Å². The molecule has 0 spiro atoms. The van der Waals surface area contributed by atoms with Gasteiger partial charge in [0.25, 0.3) is 0 Å². The quantitative estimate of drug-likeness (QED) is 0.448. The van der Waals surface area contributed by atoms with Crippen LogP contribution in [0.5, 0.6) is 17.4 Å². The number of carbonyl (C=O) groups excluding carboxylic acids is 1. The largest absolute Gasteiger partial charge is 0.497 e. The Hall–Kier alpha value is -4.20. The number of rotatable bonds is 8. The number of hydrogen-bond donors (Lipinski definition) is 1. The number of imidazole rings is 1. The maximum atomic E-state index is 12.3. The Morgan fingerprint density at radius 3 is 2.47 bits per heavy atom. The number of methoxy groups -OCH3 is 1. The minimum atomic E-state index is -0.0501. The summed E-state index contributed by atoms with van der Waals surface area (Å²) in [5, 5.41) is 2.91. The average Bonchev–Trinajstić information content (AvgIpc) is 3.34. The predicted molar refractivity (Wildman–Crippen MR) is 120 cm³/mol. The molecule has 0 aliphatic carbocycles. The van der Waals surface area contributed by atoms with E-state index in [0.717, 1.165) is 11.3 Å². The molecule has 0 bridgehead atoms. The molecule has 0 radical (unpaired) electrons. The van der Waals surface area contributed by atoms with Gasteiger partial charge in [-0.1, -0.05) is 12.1 Å². The van der Waals surface area contributed by atoms with Gasteiger partial charge in [-0.05, 0) is 55.3 Å². The van der Waals surface area contributed by atoms with E-state index in [2.05, 4.69) is 20.3 Å². The molecule has 2 aromatic heterocycles. The van der Waals surface area contributed by atoms with Gasteiger partial charge < -0.3 is 14.8 Å². The van der Waals surface area contributed by atoms with Gasteiger partial charge in [0.2, 0.25) is 11.8 Å². The molecule has 32 heavy (non-hydrogen) atoms. The predicted octanol–water partition coefficient (Wildman–Crippen LogP) is 4.34. The number of ether oxygens (including phenoxy) is 2. The summed E-state index contributed by atoms with van der Waals surface area (Å²) < 4.78 is 12.8. The fourth-order valence-corrected chi connectivity index (χ4v) is 3.11. The second-order valence-corrected chi connectivity index (χ2v) is 7.10. The van der Waals surface area contributed by atoms with Gasteiger partial charge >= 0.3 is 0 Å². The van der Waals surface area contributed by atoms with Crippen LogP contribution < -0.4 is 14.8 Å². The Kier molecular flexibility index (Phi) is 6.41. The van der Waals surface area contributed by atoms with Crippen molar-refractivity contribution in [2.45, 2.75) is 19.8 Å². The van der Waals surface area contributed by atoms with Crippen LogP contribution in [0.1, 0.15) is 17.8 Å². The Balaban J connectivity index is 1.33. The second kappa shape index (κ2) is 9.74. The Morgan fingerprint density at radius 2 is 1.78 bits per heavy atom. The average molecular weight is 429 g/mol. The molecular formula is C24H23N5O3. The minimum Gasteiger partial charge on any atom is -0.497 e. The van der Waals surface area contributed by atoms with Crippen LogP contribution >= 0.6 is 0 Å². The molecule has 8 nitrogen and oxygen atoms in total. The Labute approximate surface area is 185 Å². The van der Waals surface area contributed by atoms with E-state index >= 15 is 0 Å². The molecular weight excluding hydrogens is 406 g/mol. The van der Waals surface area contributed by atoms with E-state index in [1.165, 1.54) is 0 Å². The molecule has 0 aliphatic rings. The number of amides is 1. The molecule has 0 atom stereocenters. The van der Waals surface area contributed by atoms with E-state index in [0.29, 0.717) is 41.8 Å². The maximum absolute atomic E-state index is 12.3. The van der Waals surface area contributed by atoms with Crippen molar-refractivity contribution in [2.75, 3.05) is 12.4 Å². The summed E-state index contributed by atoms with van der Waals surface area (Å²) in [7, 11) is 1.63. The molecule has 0 fully saturated rings. The van der Waals surface area contributed by atoms with Gasteiger partial charge in [0.15, 0.2) is 0 Å². The maximum Gasteiger partial charge on any atom is 0.224 e. The van der Waals surface area contributed by atoms with Gasteiger partial charge in [-0.15, -0.1) is 0 Å². The van der Waals surface area contributed by atoms with Crippen molar-refractivity contribution >= 4 is 11.6 Å². The SMILES string of the molecule is COc1ccc(CCC(=O)Nc2ccc(Oc3cc(-n4ccnc4)nc(C)n3)cc2)cc1. The minimum absolute atomic E-state index is 0.0501. The topological polar surface area (TPSA) is 91.2 Å². The molecule has 0 aliphatic heterocycles. The van der Waals surface area contributed by atoms with E-state index in [4.69, 9.17) is 9.47 Å². The number of nitrogens with one attached hydrogen (secondary N) is 1. The van der Waals surface area contributed by atoms with Crippen molar-refractivity contribution in [3.63, 3.8) is 0 Å². The summed E-state index contributed by atoms with van der Waals surface area (Å²) in [5.74, 6) is 3.05. The molecule has 0 saturated heterocycles. The van der Waals surface area contributed by atoms with Crippen LogP contribution in [0.2, 0.25) is 0 Å². The normalized spacial score (nSPS) is 10.6. The van der Waals surface area contributed by atoms with E-state index in [1.807, 2.05) is 24.3 Å². The zero-order chi connectivity index (χ0) is 22.3.